The maximum absolute atomic E-state index is 12.4. The van der Waals surface area contributed by atoms with E-state index in [1.807, 2.05) is 17.6 Å². The van der Waals surface area contributed by atoms with Gasteiger partial charge in [-0.2, -0.15) is 4.98 Å². The molecule has 5 rings (SSSR count). The quantitative estimate of drug-likeness (QED) is 0.519. The normalized spacial score (nSPS) is 14.6. The van der Waals surface area contributed by atoms with Gasteiger partial charge in [0, 0.05) is 26.2 Å². The van der Waals surface area contributed by atoms with Crippen molar-refractivity contribution in [1.29, 1.82) is 0 Å². The molecule has 0 spiro atoms. The first-order valence-electron chi connectivity index (χ1n) is 10.7. The predicted molar refractivity (Wildman–Crippen MR) is 121 cm³/mol. The Hall–Kier alpha value is -3.32. The van der Waals surface area contributed by atoms with Crippen molar-refractivity contribution in [1.82, 2.24) is 24.4 Å². The summed E-state index contributed by atoms with van der Waals surface area (Å²) in [7, 11) is 0. The highest BCUT2D eigenvalue weighted by Crippen LogP contribution is 2.24. The van der Waals surface area contributed by atoms with Crippen LogP contribution in [0.25, 0.3) is 22.6 Å². The molecular formula is C24H25N5O2. The minimum Gasteiger partial charge on any atom is -0.321 e. The van der Waals surface area contributed by atoms with Crippen LogP contribution in [0.1, 0.15) is 22.3 Å². The van der Waals surface area contributed by atoms with Crippen LogP contribution in [0.5, 0.6) is 0 Å². The lowest BCUT2D eigenvalue weighted by Gasteiger charge is -2.23. The zero-order valence-corrected chi connectivity index (χ0v) is 17.8. The fraction of sp³-hybridized carbons (Fsp3) is 0.333. The third kappa shape index (κ3) is 3.65. The number of nitrogens with zero attached hydrogens (tertiary/aromatic N) is 4. The Morgan fingerprint density at radius 1 is 0.935 bits per heavy atom. The molecule has 0 aromatic heterocycles. The van der Waals surface area contributed by atoms with Gasteiger partial charge in [0.15, 0.2) is 11.5 Å². The van der Waals surface area contributed by atoms with Gasteiger partial charge in [0.05, 0.1) is 11.0 Å². The molecule has 0 bridgehead atoms. The molecule has 7 nitrogen and oxygen atoms in total. The first kappa shape index (κ1) is 19.6. The standard InChI is InChI=1S/C24H25N5O2/c1-15-13-19-20(14-16(15)2)29(22-21(25-19)23(30)27-24(31)26-22)12-11-28-9-7-17-5-3-4-6-18(17)8-10-28/h3-6,13-14H,7-12H2,1-2H3,(H,27,30,31). The van der Waals surface area contributed by atoms with Crippen LogP contribution in [-0.2, 0) is 19.4 Å². The summed E-state index contributed by atoms with van der Waals surface area (Å²) in [5.74, 6) is 0.350. The van der Waals surface area contributed by atoms with Gasteiger partial charge in [0.1, 0.15) is 0 Å². The topological polar surface area (TPSA) is 83.9 Å². The van der Waals surface area contributed by atoms with Crippen LogP contribution < -0.4 is 11.2 Å². The Labute approximate surface area is 179 Å². The van der Waals surface area contributed by atoms with Gasteiger partial charge in [-0.25, -0.2) is 9.78 Å². The molecule has 3 aliphatic rings. The molecule has 2 aromatic carbocycles. The molecule has 1 N–H and O–H groups in total. The fourth-order valence-electron chi connectivity index (χ4n) is 4.46. The number of hydrogen-bond donors (Lipinski definition) is 1. The molecule has 0 aliphatic carbocycles. The third-order valence-corrected chi connectivity index (χ3v) is 6.38. The van der Waals surface area contributed by atoms with E-state index in [4.69, 9.17) is 0 Å². The average molecular weight is 415 g/mol. The molecule has 0 fully saturated rings. The first-order valence-corrected chi connectivity index (χ1v) is 10.7. The molecular weight excluding hydrogens is 390 g/mol. The van der Waals surface area contributed by atoms with Gasteiger partial charge in [0.2, 0.25) is 0 Å². The average Bonchev–Trinajstić information content (AvgIpc) is 2.95. The monoisotopic (exact) mass is 415 g/mol. The number of fused-ring (bicyclic) bond motifs is 3. The van der Waals surface area contributed by atoms with E-state index in [1.165, 1.54) is 11.1 Å². The summed E-state index contributed by atoms with van der Waals surface area (Å²) in [5, 5.41) is 0. The lowest BCUT2D eigenvalue weighted by Crippen LogP contribution is -2.33. The number of aryl methyl sites for hydroxylation is 2. The first-order chi connectivity index (χ1) is 15.0. The Morgan fingerprint density at radius 2 is 1.61 bits per heavy atom. The van der Waals surface area contributed by atoms with Gasteiger partial charge >= 0.3 is 5.69 Å². The van der Waals surface area contributed by atoms with Gasteiger partial charge in [-0.15, -0.1) is 0 Å². The van der Waals surface area contributed by atoms with Crippen LogP contribution in [0.15, 0.2) is 46.0 Å². The van der Waals surface area contributed by atoms with E-state index >= 15 is 0 Å². The van der Waals surface area contributed by atoms with E-state index in [1.54, 1.807) is 0 Å². The van der Waals surface area contributed by atoms with Crippen molar-refractivity contribution in [2.24, 2.45) is 0 Å². The van der Waals surface area contributed by atoms with Crippen LogP contribution >= 0.6 is 0 Å². The number of nitrogens with one attached hydrogen (secondary N) is 1. The number of rotatable bonds is 3. The molecule has 3 heterocycles. The Kier molecular flexibility index (Phi) is 4.90. The van der Waals surface area contributed by atoms with Crippen molar-refractivity contribution < 1.29 is 0 Å². The second kappa shape index (κ2) is 7.74. The van der Waals surface area contributed by atoms with Crippen molar-refractivity contribution in [2.45, 2.75) is 33.2 Å². The van der Waals surface area contributed by atoms with Crippen LogP contribution in [0.4, 0.5) is 0 Å². The smallest absolute Gasteiger partial charge is 0.321 e. The second-order valence-electron chi connectivity index (χ2n) is 8.34. The maximum atomic E-state index is 12.4. The van der Waals surface area contributed by atoms with Gasteiger partial charge in [0.25, 0.3) is 5.56 Å². The summed E-state index contributed by atoms with van der Waals surface area (Å²) >= 11 is 0. The summed E-state index contributed by atoms with van der Waals surface area (Å²) in [5.41, 5.74) is 5.81. The summed E-state index contributed by atoms with van der Waals surface area (Å²) in [4.78, 5) is 37.8. The van der Waals surface area contributed by atoms with Gasteiger partial charge in [-0.05, 0) is 61.1 Å². The van der Waals surface area contributed by atoms with Crippen LogP contribution in [0.3, 0.4) is 0 Å². The van der Waals surface area contributed by atoms with E-state index in [0.717, 1.165) is 54.6 Å². The molecule has 0 saturated carbocycles. The minimum atomic E-state index is -0.638. The number of hydrogen-bond acceptors (Lipinski definition) is 5. The van der Waals surface area contributed by atoms with Crippen LogP contribution in [0.2, 0.25) is 0 Å². The molecule has 0 radical (unpaired) electrons. The maximum Gasteiger partial charge on any atom is 0.349 e. The van der Waals surface area contributed by atoms with E-state index in [0.29, 0.717) is 12.4 Å². The van der Waals surface area contributed by atoms with Crippen molar-refractivity contribution in [3.63, 3.8) is 0 Å². The van der Waals surface area contributed by atoms with Crippen molar-refractivity contribution >= 4 is 11.0 Å². The molecule has 0 unspecified atom stereocenters. The highest BCUT2D eigenvalue weighted by Gasteiger charge is 2.20. The highest BCUT2D eigenvalue weighted by atomic mass is 16.2. The van der Waals surface area contributed by atoms with Gasteiger partial charge in [-0.3, -0.25) is 9.78 Å². The molecule has 0 saturated heterocycles. The number of H-pyrrole nitrogens is 1. The largest absolute Gasteiger partial charge is 0.349 e. The molecule has 0 atom stereocenters. The fourth-order valence-corrected chi connectivity index (χ4v) is 4.46. The second-order valence-corrected chi connectivity index (χ2v) is 8.34. The lowest BCUT2D eigenvalue weighted by molar-refractivity contribution is 0.276. The third-order valence-electron chi connectivity index (χ3n) is 6.38. The van der Waals surface area contributed by atoms with Crippen molar-refractivity contribution in [3.05, 3.63) is 79.5 Å². The SMILES string of the molecule is Cc1cc2nc3c(=O)[nH]c(=O)nc-3n(CCN3CCc4ccccc4CC3)c2cc1C. The molecule has 2 aromatic rings. The summed E-state index contributed by atoms with van der Waals surface area (Å²) < 4.78 is 1.98. The van der Waals surface area contributed by atoms with E-state index in [-0.39, 0.29) is 5.69 Å². The molecule has 0 amide bonds. The molecule has 31 heavy (non-hydrogen) atoms. The predicted octanol–water partition coefficient (Wildman–Crippen LogP) is 2.30. The Balaban J connectivity index is 1.53. The zero-order valence-electron chi connectivity index (χ0n) is 17.8. The van der Waals surface area contributed by atoms with Crippen LogP contribution in [-0.4, -0.2) is 44.1 Å². The van der Waals surface area contributed by atoms with Gasteiger partial charge in [-0.1, -0.05) is 24.3 Å². The van der Waals surface area contributed by atoms with E-state index in [2.05, 4.69) is 57.1 Å². The summed E-state index contributed by atoms with van der Waals surface area (Å²) in [6.45, 7) is 7.49. The Bertz CT molecular complexity index is 1340. The lowest BCUT2D eigenvalue weighted by atomic mass is 10.0. The summed E-state index contributed by atoms with van der Waals surface area (Å²) in [6.07, 6.45) is 2.05. The number of aromatic amines is 1. The van der Waals surface area contributed by atoms with Crippen LogP contribution in [0, 0.1) is 13.8 Å². The number of benzene rings is 2. The highest BCUT2D eigenvalue weighted by molar-refractivity contribution is 5.81. The molecule has 3 aliphatic heterocycles. The van der Waals surface area contributed by atoms with E-state index < -0.39 is 11.2 Å². The number of aromatic nitrogens is 4. The van der Waals surface area contributed by atoms with E-state index in [9.17, 15) is 9.59 Å². The van der Waals surface area contributed by atoms with Crippen molar-refractivity contribution in [2.75, 3.05) is 19.6 Å². The van der Waals surface area contributed by atoms with Crippen molar-refractivity contribution in [3.8, 4) is 11.5 Å². The zero-order chi connectivity index (χ0) is 21.5. The van der Waals surface area contributed by atoms with Gasteiger partial charge < -0.3 is 9.47 Å². The molecule has 158 valence electrons. The minimum absolute atomic E-state index is 0.207. The molecule has 7 heteroatoms. The summed E-state index contributed by atoms with van der Waals surface area (Å²) in [6, 6.07) is 12.7. The Morgan fingerprint density at radius 3 is 2.32 bits per heavy atom.